The van der Waals surface area contributed by atoms with Crippen molar-refractivity contribution in [2.75, 3.05) is 27.4 Å². The summed E-state index contributed by atoms with van der Waals surface area (Å²) in [5.41, 5.74) is -0.694. The molecule has 0 aromatic carbocycles. The molecule has 3 rings (SSSR count). The normalized spacial score (nSPS) is 23.7. The van der Waals surface area contributed by atoms with Crippen LogP contribution < -0.4 is 10.6 Å². The summed E-state index contributed by atoms with van der Waals surface area (Å²) >= 11 is 0. The van der Waals surface area contributed by atoms with Gasteiger partial charge in [0.05, 0.1) is 26.9 Å². The minimum atomic E-state index is -1.05. The molecular formula is C33H53N3O9. The van der Waals surface area contributed by atoms with Crippen LogP contribution >= 0.6 is 0 Å². The Morgan fingerprint density at radius 1 is 0.889 bits per heavy atom. The van der Waals surface area contributed by atoms with Crippen molar-refractivity contribution in [2.45, 2.75) is 116 Å². The van der Waals surface area contributed by atoms with Crippen molar-refractivity contribution in [3.63, 3.8) is 0 Å². The quantitative estimate of drug-likeness (QED) is 0.228. The molecule has 3 aliphatic rings. The Bertz CT molecular complexity index is 1080. The first-order chi connectivity index (χ1) is 21.3. The maximum atomic E-state index is 14.3. The number of esters is 2. The summed E-state index contributed by atoms with van der Waals surface area (Å²) in [5, 5.41) is 5.53. The van der Waals surface area contributed by atoms with Crippen molar-refractivity contribution in [3.05, 3.63) is 0 Å². The molecule has 45 heavy (non-hydrogen) atoms. The number of hydrogen-bond acceptors (Lipinski definition) is 9. The van der Waals surface area contributed by atoms with Gasteiger partial charge >= 0.3 is 18.0 Å². The fourth-order valence-electron chi connectivity index (χ4n) is 7.37. The number of ketones is 1. The lowest BCUT2D eigenvalue weighted by atomic mass is 9.76. The highest BCUT2D eigenvalue weighted by molar-refractivity contribution is 5.95. The minimum absolute atomic E-state index is 0.00471. The number of Topliss-reactive ketones (excluding diaryl/α,β-unsaturated/α-hetero) is 1. The molecule has 2 aliphatic carbocycles. The second kappa shape index (κ2) is 16.4. The average molecular weight is 636 g/mol. The molecule has 3 fully saturated rings. The average Bonchev–Trinajstić information content (AvgIpc) is 3.61. The first kappa shape index (κ1) is 36.3. The zero-order valence-corrected chi connectivity index (χ0v) is 27.9. The molecule has 0 radical (unpaired) electrons. The molecule has 0 unspecified atom stereocenters. The molecule has 0 spiro atoms. The second-order valence-corrected chi connectivity index (χ2v) is 13.8. The number of rotatable bonds is 13. The van der Waals surface area contributed by atoms with Gasteiger partial charge in [-0.1, -0.05) is 46.5 Å². The summed E-state index contributed by atoms with van der Waals surface area (Å²) in [6.45, 7) is 8.02. The number of methoxy groups -OCH3 is 2. The van der Waals surface area contributed by atoms with Crippen LogP contribution in [0.1, 0.15) is 98.3 Å². The second-order valence-electron chi connectivity index (χ2n) is 13.8. The van der Waals surface area contributed by atoms with Gasteiger partial charge in [-0.05, 0) is 62.2 Å². The van der Waals surface area contributed by atoms with Gasteiger partial charge in [0.2, 0.25) is 11.8 Å². The van der Waals surface area contributed by atoms with Gasteiger partial charge < -0.3 is 29.7 Å². The Morgan fingerprint density at radius 2 is 1.58 bits per heavy atom. The van der Waals surface area contributed by atoms with Crippen LogP contribution in [-0.2, 0) is 38.2 Å². The van der Waals surface area contributed by atoms with Gasteiger partial charge in [0.25, 0.3) is 0 Å². The summed E-state index contributed by atoms with van der Waals surface area (Å²) in [6, 6.07) is -2.67. The van der Waals surface area contributed by atoms with Crippen LogP contribution in [0.15, 0.2) is 0 Å². The van der Waals surface area contributed by atoms with Crippen LogP contribution in [0.4, 0.5) is 4.79 Å². The highest BCUT2D eigenvalue weighted by atomic mass is 16.5. The van der Waals surface area contributed by atoms with Crippen molar-refractivity contribution in [2.24, 2.45) is 29.1 Å². The van der Waals surface area contributed by atoms with E-state index in [2.05, 4.69) is 10.6 Å². The fraction of sp³-hybridized carbons (Fsp3) is 0.818. The lowest BCUT2D eigenvalue weighted by molar-refractivity contribution is -0.156. The summed E-state index contributed by atoms with van der Waals surface area (Å²) in [6.07, 6.45) is 6.13. The highest BCUT2D eigenvalue weighted by Gasteiger charge is 2.52. The number of hydrogen-bond donors (Lipinski definition) is 2. The number of nitrogens with zero attached hydrogens (tertiary/aromatic N) is 1. The van der Waals surface area contributed by atoms with E-state index in [1.54, 1.807) is 11.8 Å². The van der Waals surface area contributed by atoms with E-state index >= 15 is 0 Å². The Labute approximate surface area is 267 Å². The van der Waals surface area contributed by atoms with Crippen molar-refractivity contribution in [3.8, 4) is 0 Å². The number of carbonyl (C=O) groups is 6. The van der Waals surface area contributed by atoms with Crippen LogP contribution in [-0.4, -0.2) is 86.0 Å². The Balaban J connectivity index is 1.86. The lowest BCUT2D eigenvalue weighted by Gasteiger charge is -2.38. The van der Waals surface area contributed by atoms with E-state index in [1.807, 2.05) is 20.8 Å². The van der Waals surface area contributed by atoms with Crippen LogP contribution in [0.25, 0.3) is 0 Å². The van der Waals surface area contributed by atoms with Gasteiger partial charge in [0, 0.05) is 25.3 Å². The third-order valence-corrected chi connectivity index (χ3v) is 9.81. The Hall–Kier alpha value is -3.18. The van der Waals surface area contributed by atoms with E-state index in [-0.39, 0.29) is 49.5 Å². The molecule has 1 heterocycles. The lowest BCUT2D eigenvalue weighted by Crippen LogP contribution is -2.58. The molecule has 0 aromatic rings. The standard InChI is InChI=1S/C33H53N3O9/c1-7-45-31(41)27-22-15-11-14-21(22)19-36(27)30(40)28(33(2,3)4)35-29(39)23(20-12-9-8-10-13-20)18-25(37)24(34-32(42)44-6)16-17-26(38)43-5/h20-24,27-28H,7-19H2,1-6H3,(H,34,42)(H,35,39)/t21-,22-,23-,24-,27-,28+/m0/s1. The van der Waals surface area contributed by atoms with E-state index in [4.69, 9.17) is 14.2 Å². The molecule has 2 N–H and O–H groups in total. The van der Waals surface area contributed by atoms with E-state index in [1.165, 1.54) is 14.2 Å². The predicted molar refractivity (Wildman–Crippen MR) is 165 cm³/mol. The van der Waals surface area contributed by atoms with E-state index in [0.717, 1.165) is 51.4 Å². The largest absolute Gasteiger partial charge is 0.469 e. The van der Waals surface area contributed by atoms with Crippen LogP contribution in [0.2, 0.25) is 0 Å². The number of likely N-dealkylation sites (tertiary alicyclic amines) is 1. The molecule has 0 bridgehead atoms. The number of alkyl carbamates (subject to hydrolysis) is 1. The number of ether oxygens (including phenoxy) is 3. The monoisotopic (exact) mass is 635 g/mol. The van der Waals surface area contributed by atoms with Crippen molar-refractivity contribution >= 4 is 35.6 Å². The Morgan fingerprint density at radius 3 is 2.18 bits per heavy atom. The van der Waals surface area contributed by atoms with Crippen LogP contribution in [0.3, 0.4) is 0 Å². The zero-order valence-electron chi connectivity index (χ0n) is 27.9. The third-order valence-electron chi connectivity index (χ3n) is 9.81. The van der Waals surface area contributed by atoms with Crippen molar-refractivity contribution < 1.29 is 43.0 Å². The minimum Gasteiger partial charge on any atom is -0.469 e. The molecule has 0 aromatic heterocycles. The van der Waals surface area contributed by atoms with Crippen molar-refractivity contribution in [1.82, 2.24) is 15.5 Å². The zero-order chi connectivity index (χ0) is 33.3. The summed E-state index contributed by atoms with van der Waals surface area (Å²) in [4.78, 5) is 80.7. The molecule has 12 nitrogen and oxygen atoms in total. The van der Waals surface area contributed by atoms with Crippen LogP contribution in [0, 0.1) is 29.1 Å². The number of carbonyl (C=O) groups excluding carboxylic acids is 6. The molecular weight excluding hydrogens is 582 g/mol. The van der Waals surface area contributed by atoms with Gasteiger partial charge in [-0.25, -0.2) is 9.59 Å². The molecule has 1 aliphatic heterocycles. The predicted octanol–water partition coefficient (Wildman–Crippen LogP) is 3.54. The van der Waals surface area contributed by atoms with Gasteiger partial charge in [-0.2, -0.15) is 0 Å². The summed E-state index contributed by atoms with van der Waals surface area (Å²) < 4.78 is 14.8. The third kappa shape index (κ3) is 9.42. The molecule has 2 saturated carbocycles. The molecule has 6 atom stereocenters. The SMILES string of the molecule is CCOC(=O)[C@@H]1[C@H]2CCC[C@H]2CN1C(=O)[C@@H](NC(=O)[C@@H](CC(=O)[C@H](CCC(=O)OC)NC(=O)OC)C1CCCCC1)C(C)(C)C. The maximum absolute atomic E-state index is 14.3. The highest BCUT2D eigenvalue weighted by Crippen LogP contribution is 2.43. The molecule has 254 valence electrons. The number of amides is 3. The van der Waals surface area contributed by atoms with E-state index < -0.39 is 59.2 Å². The number of nitrogens with one attached hydrogen (secondary N) is 2. The first-order valence-electron chi connectivity index (χ1n) is 16.5. The topological polar surface area (TPSA) is 157 Å². The van der Waals surface area contributed by atoms with E-state index in [0.29, 0.717) is 6.54 Å². The fourth-order valence-corrected chi connectivity index (χ4v) is 7.37. The number of fused-ring (bicyclic) bond motifs is 1. The first-order valence-corrected chi connectivity index (χ1v) is 16.5. The van der Waals surface area contributed by atoms with Gasteiger partial charge in [0.15, 0.2) is 5.78 Å². The van der Waals surface area contributed by atoms with Gasteiger partial charge in [-0.3, -0.25) is 19.2 Å². The van der Waals surface area contributed by atoms with Gasteiger partial charge in [0.1, 0.15) is 12.1 Å². The smallest absolute Gasteiger partial charge is 0.407 e. The molecule has 12 heteroatoms. The van der Waals surface area contributed by atoms with E-state index in [9.17, 15) is 28.8 Å². The maximum Gasteiger partial charge on any atom is 0.407 e. The molecule has 3 amide bonds. The van der Waals surface area contributed by atoms with Crippen molar-refractivity contribution in [1.29, 1.82) is 0 Å². The van der Waals surface area contributed by atoms with Gasteiger partial charge in [-0.15, -0.1) is 0 Å². The molecule has 1 saturated heterocycles. The Kier molecular flexibility index (Phi) is 13.2. The van der Waals surface area contributed by atoms with Crippen LogP contribution in [0.5, 0.6) is 0 Å². The summed E-state index contributed by atoms with van der Waals surface area (Å²) in [7, 11) is 2.42. The summed E-state index contributed by atoms with van der Waals surface area (Å²) in [5.74, 6) is -2.62.